The first-order valence-corrected chi connectivity index (χ1v) is 5.73. The van der Waals surface area contributed by atoms with Gasteiger partial charge in [-0.2, -0.15) is 5.10 Å². The number of carbonyl (C=O) groups is 1. The summed E-state index contributed by atoms with van der Waals surface area (Å²) in [5, 5.41) is 20.8. The minimum Gasteiger partial charge on any atom is -0.387 e. The van der Waals surface area contributed by atoms with Gasteiger partial charge < -0.3 is 15.7 Å². The van der Waals surface area contributed by atoms with Gasteiger partial charge in [0.05, 0.1) is 18.0 Å². The number of H-pyrrole nitrogens is 1. The fourth-order valence-electron chi connectivity index (χ4n) is 1.52. The number of urea groups is 1. The van der Waals surface area contributed by atoms with Gasteiger partial charge in [0.15, 0.2) is 11.6 Å². The Bertz CT molecular complexity index is 589. The van der Waals surface area contributed by atoms with Crippen molar-refractivity contribution in [2.24, 2.45) is 0 Å². The topological polar surface area (TPSA) is 90.0 Å². The third-order valence-corrected chi connectivity index (χ3v) is 2.54. The molecule has 0 radical (unpaired) electrons. The number of rotatable bonds is 4. The van der Waals surface area contributed by atoms with E-state index in [1.807, 2.05) is 0 Å². The zero-order chi connectivity index (χ0) is 14.5. The number of nitrogens with one attached hydrogen (secondary N) is 3. The van der Waals surface area contributed by atoms with E-state index in [1.54, 1.807) is 0 Å². The third kappa shape index (κ3) is 3.51. The highest BCUT2D eigenvalue weighted by Crippen LogP contribution is 2.15. The predicted molar refractivity (Wildman–Crippen MR) is 66.9 cm³/mol. The summed E-state index contributed by atoms with van der Waals surface area (Å²) in [4.78, 5) is 11.5. The normalized spacial score (nSPS) is 11.9. The van der Waals surface area contributed by atoms with Crippen LogP contribution in [-0.4, -0.2) is 27.9 Å². The average molecular weight is 282 g/mol. The zero-order valence-corrected chi connectivity index (χ0v) is 10.2. The van der Waals surface area contributed by atoms with Gasteiger partial charge in [0.1, 0.15) is 0 Å². The van der Waals surface area contributed by atoms with Crippen LogP contribution in [0.15, 0.2) is 30.6 Å². The van der Waals surface area contributed by atoms with E-state index in [-0.39, 0.29) is 12.1 Å². The Morgan fingerprint density at radius 2 is 2.20 bits per heavy atom. The number of aromatic amines is 1. The fraction of sp³-hybridized carbons (Fsp3) is 0.167. The van der Waals surface area contributed by atoms with Crippen LogP contribution in [0.1, 0.15) is 11.7 Å². The largest absolute Gasteiger partial charge is 0.387 e. The monoisotopic (exact) mass is 282 g/mol. The Kier molecular flexibility index (Phi) is 4.26. The molecular weight excluding hydrogens is 270 g/mol. The molecule has 0 aliphatic heterocycles. The molecule has 20 heavy (non-hydrogen) atoms. The number of aliphatic hydroxyl groups is 1. The van der Waals surface area contributed by atoms with Crippen LogP contribution in [0.25, 0.3) is 0 Å². The molecule has 1 heterocycles. The highest BCUT2D eigenvalue weighted by atomic mass is 19.2. The molecule has 1 aromatic heterocycles. The number of aliphatic hydroxyl groups excluding tert-OH is 1. The van der Waals surface area contributed by atoms with E-state index in [0.717, 1.165) is 12.1 Å². The number of carbonyl (C=O) groups excluding carboxylic acids is 1. The first-order valence-electron chi connectivity index (χ1n) is 5.73. The Labute approximate surface area is 112 Å². The lowest BCUT2D eigenvalue weighted by Gasteiger charge is -2.12. The molecule has 8 heteroatoms. The number of aromatic nitrogens is 2. The van der Waals surface area contributed by atoms with Crippen molar-refractivity contribution in [2.75, 3.05) is 11.9 Å². The van der Waals surface area contributed by atoms with Crippen LogP contribution in [0.4, 0.5) is 19.3 Å². The molecule has 0 aliphatic carbocycles. The maximum Gasteiger partial charge on any atom is 0.319 e. The number of halogens is 2. The maximum atomic E-state index is 13.0. The van der Waals surface area contributed by atoms with E-state index < -0.39 is 23.8 Å². The summed E-state index contributed by atoms with van der Waals surface area (Å²) in [5.41, 5.74) is 0.636. The SMILES string of the molecule is O=C(NC[C@@H](O)c1ccc(F)c(F)c1)Nc1cn[nH]c1. The first kappa shape index (κ1) is 13.9. The predicted octanol–water partition coefficient (Wildman–Crippen LogP) is 1.54. The van der Waals surface area contributed by atoms with Crippen LogP contribution in [0.3, 0.4) is 0 Å². The number of nitrogens with zero attached hydrogens (tertiary/aromatic N) is 1. The Morgan fingerprint density at radius 3 is 2.85 bits per heavy atom. The van der Waals surface area contributed by atoms with Gasteiger partial charge in [-0.3, -0.25) is 5.10 Å². The lowest BCUT2D eigenvalue weighted by atomic mass is 10.1. The zero-order valence-electron chi connectivity index (χ0n) is 10.2. The van der Waals surface area contributed by atoms with Crippen molar-refractivity contribution in [3.8, 4) is 0 Å². The molecule has 4 N–H and O–H groups in total. The molecule has 0 saturated heterocycles. The summed E-state index contributed by atoms with van der Waals surface area (Å²) in [5.74, 6) is -2.05. The highest BCUT2D eigenvalue weighted by Gasteiger charge is 2.12. The van der Waals surface area contributed by atoms with Gasteiger partial charge in [-0.1, -0.05) is 6.07 Å². The Morgan fingerprint density at radius 1 is 1.40 bits per heavy atom. The summed E-state index contributed by atoms with van der Waals surface area (Å²) in [6, 6.07) is 2.50. The van der Waals surface area contributed by atoms with E-state index in [0.29, 0.717) is 5.69 Å². The molecule has 2 rings (SSSR count). The molecular formula is C12H12F2N4O2. The molecule has 0 bridgehead atoms. The number of hydrogen-bond donors (Lipinski definition) is 4. The van der Waals surface area contributed by atoms with E-state index in [2.05, 4.69) is 20.8 Å². The van der Waals surface area contributed by atoms with Gasteiger partial charge in [-0.25, -0.2) is 13.6 Å². The number of anilines is 1. The van der Waals surface area contributed by atoms with Crippen molar-refractivity contribution in [3.05, 3.63) is 47.8 Å². The second-order valence-corrected chi connectivity index (χ2v) is 4.01. The summed E-state index contributed by atoms with van der Waals surface area (Å²) in [6.45, 7) is -0.144. The van der Waals surface area contributed by atoms with Gasteiger partial charge >= 0.3 is 6.03 Å². The smallest absolute Gasteiger partial charge is 0.319 e. The van der Waals surface area contributed by atoms with Crippen LogP contribution >= 0.6 is 0 Å². The maximum absolute atomic E-state index is 13.0. The average Bonchev–Trinajstić information content (AvgIpc) is 2.92. The molecule has 0 aliphatic rings. The molecule has 1 atom stereocenters. The van der Waals surface area contributed by atoms with Crippen molar-refractivity contribution in [1.82, 2.24) is 15.5 Å². The molecule has 0 spiro atoms. The molecule has 0 unspecified atom stereocenters. The molecule has 106 valence electrons. The minimum absolute atomic E-state index is 0.144. The summed E-state index contributed by atoms with van der Waals surface area (Å²) < 4.78 is 25.7. The second-order valence-electron chi connectivity index (χ2n) is 4.01. The van der Waals surface area contributed by atoms with E-state index >= 15 is 0 Å². The molecule has 2 amide bonds. The van der Waals surface area contributed by atoms with Crippen molar-refractivity contribution >= 4 is 11.7 Å². The Balaban J connectivity index is 1.86. The van der Waals surface area contributed by atoms with Gasteiger partial charge in [-0.05, 0) is 17.7 Å². The van der Waals surface area contributed by atoms with Crippen molar-refractivity contribution in [2.45, 2.75) is 6.10 Å². The number of benzene rings is 1. The van der Waals surface area contributed by atoms with Gasteiger partial charge in [0.25, 0.3) is 0 Å². The van der Waals surface area contributed by atoms with E-state index in [1.165, 1.54) is 18.5 Å². The minimum atomic E-state index is -1.14. The summed E-state index contributed by atoms with van der Waals surface area (Å²) in [7, 11) is 0. The van der Waals surface area contributed by atoms with Gasteiger partial charge in [0, 0.05) is 12.7 Å². The number of hydrogen-bond acceptors (Lipinski definition) is 3. The standard InChI is InChI=1S/C12H12F2N4O2/c13-9-2-1-7(3-10(9)14)11(19)6-15-12(20)18-8-4-16-17-5-8/h1-5,11,19H,6H2,(H,16,17)(H2,15,18,20)/t11-/m1/s1. The molecule has 2 aromatic rings. The molecule has 1 aromatic carbocycles. The molecule has 0 fully saturated rings. The van der Waals surface area contributed by atoms with E-state index in [9.17, 15) is 18.7 Å². The quantitative estimate of drug-likeness (QED) is 0.685. The lowest BCUT2D eigenvalue weighted by molar-refractivity contribution is 0.174. The lowest BCUT2D eigenvalue weighted by Crippen LogP contribution is -2.32. The van der Waals surface area contributed by atoms with E-state index in [4.69, 9.17) is 0 Å². The highest BCUT2D eigenvalue weighted by molar-refractivity contribution is 5.88. The second kappa shape index (κ2) is 6.11. The van der Waals surface area contributed by atoms with Crippen molar-refractivity contribution in [3.63, 3.8) is 0 Å². The fourth-order valence-corrected chi connectivity index (χ4v) is 1.52. The van der Waals surface area contributed by atoms with Gasteiger partial charge in [-0.15, -0.1) is 0 Å². The molecule has 0 saturated carbocycles. The van der Waals surface area contributed by atoms with Crippen LogP contribution in [-0.2, 0) is 0 Å². The van der Waals surface area contributed by atoms with Crippen molar-refractivity contribution in [1.29, 1.82) is 0 Å². The molecule has 6 nitrogen and oxygen atoms in total. The van der Waals surface area contributed by atoms with Crippen LogP contribution in [0.5, 0.6) is 0 Å². The van der Waals surface area contributed by atoms with Crippen LogP contribution in [0.2, 0.25) is 0 Å². The summed E-state index contributed by atoms with van der Waals surface area (Å²) in [6.07, 6.45) is 1.75. The summed E-state index contributed by atoms with van der Waals surface area (Å²) >= 11 is 0. The van der Waals surface area contributed by atoms with Crippen LogP contribution in [0, 0.1) is 11.6 Å². The van der Waals surface area contributed by atoms with Gasteiger partial charge in [0.2, 0.25) is 0 Å². The van der Waals surface area contributed by atoms with Crippen molar-refractivity contribution < 1.29 is 18.7 Å². The number of amides is 2. The third-order valence-electron chi connectivity index (χ3n) is 2.54. The first-order chi connectivity index (χ1) is 9.56. The van der Waals surface area contributed by atoms with Crippen LogP contribution < -0.4 is 10.6 Å². The Hall–Kier alpha value is -2.48.